The summed E-state index contributed by atoms with van der Waals surface area (Å²) in [5.74, 6) is 1.72. The zero-order chi connectivity index (χ0) is 12.4. The first kappa shape index (κ1) is 13.2. The van der Waals surface area contributed by atoms with Crippen LogP contribution in [-0.2, 0) is 13.0 Å². The second-order valence-corrected chi connectivity index (χ2v) is 5.79. The molecule has 0 N–H and O–H groups in total. The fourth-order valence-corrected chi connectivity index (χ4v) is 2.79. The maximum Gasteiger partial charge on any atom is 0.127 e. The van der Waals surface area contributed by atoms with Crippen LogP contribution in [-0.4, -0.2) is 30.5 Å². The van der Waals surface area contributed by atoms with E-state index in [0.29, 0.717) is 11.9 Å². The molecule has 0 radical (unpaired) electrons. The molecule has 0 fully saturated rings. The van der Waals surface area contributed by atoms with Crippen LogP contribution in [0.4, 0.5) is 0 Å². The molecule has 0 amide bonds. The minimum absolute atomic E-state index is 0.368. The maximum absolute atomic E-state index is 5.88. The lowest BCUT2D eigenvalue weighted by Crippen LogP contribution is -2.29. The molecule has 0 saturated carbocycles. The number of hydrogen-bond donors (Lipinski definition) is 0. The summed E-state index contributed by atoms with van der Waals surface area (Å²) < 4.78 is 6.85. The van der Waals surface area contributed by atoms with Crippen molar-refractivity contribution in [1.82, 2.24) is 4.90 Å². The number of ether oxygens (including phenoxy) is 1. The highest BCUT2D eigenvalue weighted by atomic mass is 79.9. The van der Waals surface area contributed by atoms with E-state index in [-0.39, 0.29) is 0 Å². The molecule has 2 rings (SSSR count). The number of nitrogens with zero attached hydrogens (tertiary/aromatic N) is 1. The van der Waals surface area contributed by atoms with Crippen molar-refractivity contribution in [2.45, 2.75) is 25.9 Å². The molecule has 4 heteroatoms. The van der Waals surface area contributed by atoms with Crippen LogP contribution < -0.4 is 4.74 Å². The molecule has 2 nitrogen and oxygen atoms in total. The Morgan fingerprint density at radius 2 is 2.29 bits per heavy atom. The summed E-state index contributed by atoms with van der Waals surface area (Å²) in [6.45, 7) is 3.80. The Balaban J connectivity index is 2.21. The predicted molar refractivity (Wildman–Crippen MR) is 75.0 cm³/mol. The van der Waals surface area contributed by atoms with Gasteiger partial charge in [-0.1, -0.05) is 15.9 Å². The summed E-state index contributed by atoms with van der Waals surface area (Å²) in [6.07, 6.45) is 1.01. The number of fused-ring (bicyclic) bond motifs is 1. The number of rotatable bonds is 4. The van der Waals surface area contributed by atoms with Gasteiger partial charge in [0.1, 0.15) is 5.75 Å². The summed E-state index contributed by atoms with van der Waals surface area (Å²) >= 11 is 9.44. The lowest BCUT2D eigenvalue weighted by Gasteiger charge is -2.23. The minimum atomic E-state index is 0.368. The fraction of sp³-hybridized carbons (Fsp3) is 0.538. The Hall–Kier alpha value is -0.250. The Kier molecular flexibility index (Phi) is 4.34. The molecule has 0 bridgehead atoms. The molecular weight excluding hydrogens is 302 g/mol. The second-order valence-electron chi connectivity index (χ2n) is 4.57. The van der Waals surface area contributed by atoms with Crippen LogP contribution in [0.2, 0.25) is 0 Å². The van der Waals surface area contributed by atoms with Gasteiger partial charge in [0, 0.05) is 34.9 Å². The van der Waals surface area contributed by atoms with E-state index in [0.717, 1.165) is 29.8 Å². The first-order valence-electron chi connectivity index (χ1n) is 5.82. The Morgan fingerprint density at radius 1 is 1.53 bits per heavy atom. The zero-order valence-electron chi connectivity index (χ0n) is 10.2. The number of hydrogen-bond acceptors (Lipinski definition) is 2. The highest BCUT2D eigenvalue weighted by Gasteiger charge is 2.19. The molecular formula is C13H17BrClNO. The van der Waals surface area contributed by atoms with Crippen LogP contribution in [0.1, 0.15) is 18.1 Å². The van der Waals surface area contributed by atoms with E-state index in [1.165, 1.54) is 11.1 Å². The maximum atomic E-state index is 5.88. The minimum Gasteiger partial charge on any atom is -0.493 e. The summed E-state index contributed by atoms with van der Waals surface area (Å²) in [4.78, 5) is 2.25. The molecule has 0 saturated heterocycles. The molecule has 1 aliphatic rings. The van der Waals surface area contributed by atoms with Gasteiger partial charge in [-0.15, -0.1) is 11.6 Å². The van der Waals surface area contributed by atoms with Gasteiger partial charge in [-0.3, -0.25) is 4.90 Å². The molecule has 1 aromatic rings. The van der Waals surface area contributed by atoms with E-state index in [1.807, 2.05) is 0 Å². The van der Waals surface area contributed by atoms with Crippen LogP contribution in [0.25, 0.3) is 0 Å². The summed E-state index contributed by atoms with van der Waals surface area (Å²) in [5.41, 5.74) is 2.55. The molecule has 1 aliphatic heterocycles. The van der Waals surface area contributed by atoms with Gasteiger partial charge >= 0.3 is 0 Å². The second kappa shape index (κ2) is 5.59. The third-order valence-corrected chi connectivity index (χ3v) is 4.13. The Labute approximate surface area is 116 Å². The van der Waals surface area contributed by atoms with E-state index in [4.69, 9.17) is 16.3 Å². The van der Waals surface area contributed by atoms with Gasteiger partial charge in [-0.2, -0.15) is 0 Å². The fourth-order valence-electron chi connectivity index (χ4n) is 2.01. The van der Waals surface area contributed by atoms with Crippen LogP contribution in [0.15, 0.2) is 16.6 Å². The Bertz CT molecular complexity index is 411. The van der Waals surface area contributed by atoms with Crippen molar-refractivity contribution >= 4 is 27.5 Å². The third-order valence-electron chi connectivity index (χ3n) is 3.22. The Morgan fingerprint density at radius 3 is 3.00 bits per heavy atom. The van der Waals surface area contributed by atoms with Crippen molar-refractivity contribution in [3.05, 3.63) is 27.7 Å². The van der Waals surface area contributed by atoms with Crippen molar-refractivity contribution in [1.29, 1.82) is 0 Å². The lowest BCUT2D eigenvalue weighted by atomic mass is 10.1. The topological polar surface area (TPSA) is 12.5 Å². The molecule has 1 unspecified atom stereocenters. The highest BCUT2D eigenvalue weighted by Crippen LogP contribution is 2.33. The monoisotopic (exact) mass is 317 g/mol. The van der Waals surface area contributed by atoms with Crippen LogP contribution >= 0.6 is 27.5 Å². The van der Waals surface area contributed by atoms with E-state index >= 15 is 0 Å². The van der Waals surface area contributed by atoms with Gasteiger partial charge in [0.05, 0.1) is 6.61 Å². The highest BCUT2D eigenvalue weighted by molar-refractivity contribution is 9.10. The quantitative estimate of drug-likeness (QED) is 0.789. The molecule has 1 atom stereocenters. The summed E-state index contributed by atoms with van der Waals surface area (Å²) in [6, 6.07) is 4.66. The SMILES string of the molecule is CC(CCl)N(C)Cc1cc(Br)cc2c1OCC2. The van der Waals surface area contributed by atoms with E-state index in [1.54, 1.807) is 0 Å². The molecule has 1 aromatic carbocycles. The standard InChI is InChI=1S/C13H17BrClNO/c1-9(7-15)16(2)8-11-6-12(14)5-10-3-4-17-13(10)11/h5-6,9H,3-4,7-8H2,1-2H3. The average molecular weight is 319 g/mol. The number of alkyl halides is 1. The number of halogens is 2. The third kappa shape index (κ3) is 2.95. The van der Waals surface area contributed by atoms with Crippen molar-refractivity contribution in [3.63, 3.8) is 0 Å². The molecule has 0 aromatic heterocycles. The van der Waals surface area contributed by atoms with Crippen LogP contribution in [0, 0.1) is 0 Å². The first-order valence-corrected chi connectivity index (χ1v) is 7.15. The van der Waals surface area contributed by atoms with Gasteiger partial charge in [0.25, 0.3) is 0 Å². The summed E-state index contributed by atoms with van der Waals surface area (Å²) in [7, 11) is 2.09. The van der Waals surface area contributed by atoms with Crippen molar-refractivity contribution in [3.8, 4) is 5.75 Å². The van der Waals surface area contributed by atoms with E-state index in [2.05, 4.69) is 46.9 Å². The van der Waals surface area contributed by atoms with Gasteiger partial charge in [0.15, 0.2) is 0 Å². The number of benzene rings is 1. The normalized spacial score (nSPS) is 15.8. The van der Waals surface area contributed by atoms with Gasteiger partial charge in [-0.05, 0) is 31.7 Å². The van der Waals surface area contributed by atoms with Gasteiger partial charge in [0.2, 0.25) is 0 Å². The smallest absolute Gasteiger partial charge is 0.127 e. The molecule has 17 heavy (non-hydrogen) atoms. The lowest BCUT2D eigenvalue weighted by molar-refractivity contribution is 0.262. The predicted octanol–water partition coefficient (Wildman–Crippen LogP) is 3.44. The molecule has 94 valence electrons. The largest absolute Gasteiger partial charge is 0.493 e. The van der Waals surface area contributed by atoms with Crippen molar-refractivity contribution in [2.24, 2.45) is 0 Å². The van der Waals surface area contributed by atoms with Gasteiger partial charge < -0.3 is 4.74 Å². The zero-order valence-corrected chi connectivity index (χ0v) is 12.5. The van der Waals surface area contributed by atoms with Crippen molar-refractivity contribution in [2.75, 3.05) is 19.5 Å². The van der Waals surface area contributed by atoms with Crippen molar-refractivity contribution < 1.29 is 4.74 Å². The van der Waals surface area contributed by atoms with E-state index in [9.17, 15) is 0 Å². The van der Waals surface area contributed by atoms with Crippen LogP contribution in [0.3, 0.4) is 0 Å². The van der Waals surface area contributed by atoms with Crippen LogP contribution in [0.5, 0.6) is 5.75 Å². The molecule has 0 aliphatic carbocycles. The van der Waals surface area contributed by atoms with E-state index < -0.39 is 0 Å². The summed E-state index contributed by atoms with van der Waals surface area (Å²) in [5, 5.41) is 0. The molecule has 0 spiro atoms. The first-order chi connectivity index (χ1) is 8.11. The van der Waals surface area contributed by atoms with Gasteiger partial charge in [-0.25, -0.2) is 0 Å². The average Bonchev–Trinajstić information content (AvgIpc) is 2.75. The molecule has 1 heterocycles.